The highest BCUT2D eigenvalue weighted by atomic mass is 16.5. The molecule has 168 valence electrons. The van der Waals surface area contributed by atoms with E-state index in [0.717, 1.165) is 28.7 Å². The van der Waals surface area contributed by atoms with Crippen molar-refractivity contribution in [2.24, 2.45) is 5.41 Å². The average molecular weight is 437 g/mol. The Balaban J connectivity index is 1.31. The molecule has 1 aliphatic carbocycles. The van der Waals surface area contributed by atoms with Crippen LogP contribution in [0.2, 0.25) is 0 Å². The number of nitrogens with one attached hydrogen (secondary N) is 1. The summed E-state index contributed by atoms with van der Waals surface area (Å²) in [5.74, 6) is -1.20. The van der Waals surface area contributed by atoms with Crippen LogP contribution in [0.3, 0.4) is 0 Å². The maximum Gasteiger partial charge on any atom is 0.407 e. The number of carboxylic acid groups (broad SMARTS) is 1. The zero-order valence-corrected chi connectivity index (χ0v) is 18.2. The van der Waals surface area contributed by atoms with E-state index >= 15 is 0 Å². The van der Waals surface area contributed by atoms with Gasteiger partial charge in [0.15, 0.2) is 0 Å². The summed E-state index contributed by atoms with van der Waals surface area (Å²) in [6.45, 7) is 2.47. The van der Waals surface area contributed by atoms with E-state index in [-0.39, 0.29) is 31.5 Å². The van der Waals surface area contributed by atoms with Crippen LogP contribution in [-0.4, -0.2) is 54.2 Å². The first-order valence-electron chi connectivity index (χ1n) is 11.1. The molecule has 7 nitrogen and oxygen atoms in total. The van der Waals surface area contributed by atoms with Gasteiger partial charge in [0, 0.05) is 19.0 Å². The summed E-state index contributed by atoms with van der Waals surface area (Å²) in [5.41, 5.74) is 3.66. The molecule has 0 radical (unpaired) electrons. The molecule has 4 rings (SSSR count). The molecule has 32 heavy (non-hydrogen) atoms. The number of likely N-dealkylation sites (tertiary alicyclic amines) is 1. The van der Waals surface area contributed by atoms with Gasteiger partial charge in [0.2, 0.25) is 5.91 Å². The molecule has 1 aliphatic heterocycles. The Morgan fingerprint density at radius 2 is 1.72 bits per heavy atom. The van der Waals surface area contributed by atoms with Crippen molar-refractivity contribution in [2.75, 3.05) is 26.2 Å². The summed E-state index contributed by atoms with van der Waals surface area (Å²) >= 11 is 0. The van der Waals surface area contributed by atoms with Crippen molar-refractivity contribution in [1.29, 1.82) is 0 Å². The fraction of sp³-hybridized carbons (Fsp3) is 0.400. The Bertz CT molecular complexity index is 991. The van der Waals surface area contributed by atoms with Crippen molar-refractivity contribution in [3.05, 3.63) is 59.7 Å². The molecule has 1 fully saturated rings. The number of carbonyl (C=O) groups excluding carboxylic acids is 2. The van der Waals surface area contributed by atoms with E-state index in [9.17, 15) is 19.5 Å². The second-order valence-electron chi connectivity index (χ2n) is 8.58. The number of alkyl carbamates (subject to hydrolysis) is 1. The van der Waals surface area contributed by atoms with Crippen molar-refractivity contribution in [1.82, 2.24) is 10.2 Å². The highest BCUT2D eigenvalue weighted by Gasteiger charge is 2.45. The van der Waals surface area contributed by atoms with Crippen molar-refractivity contribution in [3.63, 3.8) is 0 Å². The van der Waals surface area contributed by atoms with Gasteiger partial charge in [-0.2, -0.15) is 0 Å². The van der Waals surface area contributed by atoms with Crippen LogP contribution in [0.4, 0.5) is 4.79 Å². The van der Waals surface area contributed by atoms with Crippen molar-refractivity contribution in [3.8, 4) is 11.1 Å². The van der Waals surface area contributed by atoms with Gasteiger partial charge >= 0.3 is 12.1 Å². The van der Waals surface area contributed by atoms with Crippen LogP contribution in [0.15, 0.2) is 48.5 Å². The van der Waals surface area contributed by atoms with Gasteiger partial charge in [0.1, 0.15) is 13.2 Å². The fourth-order valence-electron chi connectivity index (χ4n) is 4.96. The summed E-state index contributed by atoms with van der Waals surface area (Å²) in [7, 11) is 0. The lowest BCUT2D eigenvalue weighted by molar-refractivity contribution is -0.149. The number of ether oxygens (including phenoxy) is 1. The van der Waals surface area contributed by atoms with Crippen LogP contribution in [0.5, 0.6) is 0 Å². The first-order chi connectivity index (χ1) is 15.4. The van der Waals surface area contributed by atoms with E-state index in [0.29, 0.717) is 19.4 Å². The maximum atomic E-state index is 12.5. The number of fused-ring (bicyclic) bond motifs is 3. The van der Waals surface area contributed by atoms with Crippen LogP contribution in [-0.2, 0) is 14.3 Å². The average Bonchev–Trinajstić information content (AvgIpc) is 3.37. The lowest BCUT2D eigenvalue weighted by Gasteiger charge is -2.24. The van der Waals surface area contributed by atoms with Crippen LogP contribution in [0.1, 0.15) is 43.2 Å². The molecule has 1 saturated heterocycles. The molecule has 1 atom stereocenters. The first kappa shape index (κ1) is 21.9. The second-order valence-corrected chi connectivity index (χ2v) is 8.58. The quantitative estimate of drug-likeness (QED) is 0.691. The largest absolute Gasteiger partial charge is 0.481 e. The summed E-state index contributed by atoms with van der Waals surface area (Å²) in [4.78, 5) is 38.0. The second kappa shape index (κ2) is 9.02. The zero-order valence-electron chi connectivity index (χ0n) is 18.2. The zero-order chi connectivity index (χ0) is 22.7. The molecule has 0 spiro atoms. The maximum absolute atomic E-state index is 12.5. The Morgan fingerprint density at radius 1 is 1.09 bits per heavy atom. The van der Waals surface area contributed by atoms with E-state index in [2.05, 4.69) is 17.4 Å². The number of aliphatic carboxylic acids is 1. The first-order valence-corrected chi connectivity index (χ1v) is 11.1. The number of amides is 2. The van der Waals surface area contributed by atoms with E-state index in [4.69, 9.17) is 4.74 Å². The third-order valence-electron chi connectivity index (χ3n) is 6.62. The standard InChI is InChI=1S/C25H28N2O5/c1-2-11-25(23(29)30)12-13-27(16-25)22(28)14-26-24(31)32-15-21-19-9-5-3-7-17(19)18-8-4-6-10-20(18)21/h3-10,21H,2,11-16H2,1H3,(H,26,31)(H,29,30). The predicted octanol–water partition coefficient (Wildman–Crippen LogP) is 3.63. The summed E-state index contributed by atoms with van der Waals surface area (Å²) in [6.07, 6.45) is 1.06. The van der Waals surface area contributed by atoms with E-state index in [1.165, 1.54) is 4.90 Å². The highest BCUT2D eigenvalue weighted by Crippen LogP contribution is 2.44. The summed E-state index contributed by atoms with van der Waals surface area (Å²) in [5, 5.41) is 12.1. The van der Waals surface area contributed by atoms with Gasteiger partial charge < -0.3 is 20.1 Å². The Kier molecular flexibility index (Phi) is 6.17. The number of benzene rings is 2. The van der Waals surface area contributed by atoms with Crippen LogP contribution < -0.4 is 5.32 Å². The topological polar surface area (TPSA) is 95.9 Å². The SMILES string of the molecule is CCCC1(C(=O)O)CCN(C(=O)CNC(=O)OCC2c3ccccc3-c3ccccc32)C1. The van der Waals surface area contributed by atoms with Gasteiger partial charge in [-0.25, -0.2) is 4.79 Å². The van der Waals surface area contributed by atoms with Gasteiger partial charge in [-0.15, -0.1) is 0 Å². The molecular weight excluding hydrogens is 408 g/mol. The number of carbonyl (C=O) groups is 3. The lowest BCUT2D eigenvalue weighted by Crippen LogP contribution is -2.42. The van der Waals surface area contributed by atoms with Crippen LogP contribution in [0, 0.1) is 5.41 Å². The number of hydrogen-bond acceptors (Lipinski definition) is 4. The predicted molar refractivity (Wildman–Crippen MR) is 119 cm³/mol. The molecule has 1 heterocycles. The van der Waals surface area contributed by atoms with Gasteiger partial charge in [-0.05, 0) is 35.1 Å². The number of carboxylic acids is 1. The van der Waals surface area contributed by atoms with Gasteiger partial charge in [-0.1, -0.05) is 61.9 Å². The number of rotatable bonds is 7. The molecule has 0 bridgehead atoms. The highest BCUT2D eigenvalue weighted by molar-refractivity contribution is 5.84. The number of hydrogen-bond donors (Lipinski definition) is 2. The molecular formula is C25H28N2O5. The Morgan fingerprint density at radius 3 is 2.31 bits per heavy atom. The summed E-state index contributed by atoms with van der Waals surface area (Å²) in [6, 6.07) is 16.2. The minimum absolute atomic E-state index is 0.0485. The summed E-state index contributed by atoms with van der Waals surface area (Å²) < 4.78 is 5.46. The molecule has 1 unspecified atom stereocenters. The fourth-order valence-corrected chi connectivity index (χ4v) is 4.96. The third-order valence-corrected chi connectivity index (χ3v) is 6.62. The normalized spacial score (nSPS) is 19.3. The minimum atomic E-state index is -0.881. The van der Waals surface area contributed by atoms with Gasteiger partial charge in [-0.3, -0.25) is 9.59 Å². The molecule has 2 N–H and O–H groups in total. The molecule has 0 saturated carbocycles. The molecule has 7 heteroatoms. The minimum Gasteiger partial charge on any atom is -0.481 e. The molecule has 0 aromatic heterocycles. The van der Waals surface area contributed by atoms with Crippen molar-refractivity contribution < 1.29 is 24.2 Å². The number of nitrogens with zero attached hydrogens (tertiary/aromatic N) is 1. The molecule has 2 aromatic rings. The van der Waals surface area contributed by atoms with Gasteiger partial charge in [0.05, 0.1) is 5.41 Å². The van der Waals surface area contributed by atoms with E-state index in [1.807, 2.05) is 43.3 Å². The van der Waals surface area contributed by atoms with E-state index < -0.39 is 17.5 Å². The van der Waals surface area contributed by atoms with Gasteiger partial charge in [0.25, 0.3) is 0 Å². The van der Waals surface area contributed by atoms with Crippen molar-refractivity contribution in [2.45, 2.75) is 32.1 Å². The molecule has 2 aromatic carbocycles. The lowest BCUT2D eigenvalue weighted by atomic mass is 9.83. The molecule has 2 aliphatic rings. The van der Waals surface area contributed by atoms with Crippen molar-refractivity contribution >= 4 is 18.0 Å². The van der Waals surface area contributed by atoms with E-state index in [1.54, 1.807) is 0 Å². The third kappa shape index (κ3) is 4.07. The Labute approximate surface area is 187 Å². The van der Waals surface area contributed by atoms with Crippen LogP contribution >= 0.6 is 0 Å². The van der Waals surface area contributed by atoms with Crippen LogP contribution in [0.25, 0.3) is 11.1 Å². The monoisotopic (exact) mass is 436 g/mol. The smallest absolute Gasteiger partial charge is 0.407 e. The Hall–Kier alpha value is -3.35. The molecule has 2 amide bonds.